The number of aromatic carboxylic acids is 1. The number of hydrogen-bond donors (Lipinski definition) is 1. The van der Waals surface area contributed by atoms with Gasteiger partial charge in [-0.25, -0.2) is 14.2 Å². The van der Waals surface area contributed by atoms with Crippen molar-refractivity contribution in [3.05, 3.63) is 47.3 Å². The minimum absolute atomic E-state index is 0.000463. The van der Waals surface area contributed by atoms with Gasteiger partial charge in [0.2, 0.25) is 0 Å². The van der Waals surface area contributed by atoms with Crippen LogP contribution in [0.3, 0.4) is 0 Å². The monoisotopic (exact) mass is 264 g/mol. The van der Waals surface area contributed by atoms with E-state index in [1.165, 1.54) is 6.20 Å². The number of carboxylic acid groups (broad SMARTS) is 1. The molecule has 0 aliphatic rings. The second kappa shape index (κ2) is 5.09. The highest BCUT2D eigenvalue weighted by molar-refractivity contribution is 5.88. The zero-order valence-electron chi connectivity index (χ0n) is 10.6. The first-order chi connectivity index (χ1) is 9.00. The van der Waals surface area contributed by atoms with Crippen LogP contribution in [0.5, 0.6) is 0 Å². The molecule has 19 heavy (non-hydrogen) atoms. The summed E-state index contributed by atoms with van der Waals surface area (Å²) in [6.45, 7) is 2.19. The average Bonchev–Trinajstić information content (AvgIpc) is 2.74. The molecule has 1 N–H and O–H groups in total. The Morgan fingerprint density at radius 1 is 1.53 bits per heavy atom. The molecule has 2 aromatic rings. The quantitative estimate of drug-likeness (QED) is 0.918. The minimum atomic E-state index is -1.31. The third-order valence-corrected chi connectivity index (χ3v) is 2.84. The summed E-state index contributed by atoms with van der Waals surface area (Å²) in [6.07, 6.45) is 2.83. The van der Waals surface area contributed by atoms with Crippen LogP contribution in [0, 0.1) is 12.7 Å². The van der Waals surface area contributed by atoms with Crippen LogP contribution in [-0.4, -0.2) is 23.1 Å². The number of carbonyl (C=O) groups is 1. The summed E-state index contributed by atoms with van der Waals surface area (Å²) in [7, 11) is 1.64. The maximum atomic E-state index is 14.0. The minimum Gasteiger partial charge on any atom is -0.478 e. The third-order valence-electron chi connectivity index (χ3n) is 2.84. The van der Waals surface area contributed by atoms with Crippen LogP contribution in [0.1, 0.15) is 21.7 Å². The topological polar surface area (TPSA) is 66.6 Å². The first kappa shape index (κ1) is 13.1. The van der Waals surface area contributed by atoms with Gasteiger partial charge < -0.3 is 14.4 Å². The predicted molar refractivity (Wildman–Crippen MR) is 66.7 cm³/mol. The fourth-order valence-corrected chi connectivity index (χ4v) is 1.77. The average molecular weight is 264 g/mol. The molecule has 0 bridgehead atoms. The van der Waals surface area contributed by atoms with Crippen LogP contribution in [0.25, 0.3) is 0 Å². The Balaban J connectivity index is 2.29. The van der Waals surface area contributed by atoms with Crippen LogP contribution >= 0.6 is 0 Å². The van der Waals surface area contributed by atoms with E-state index in [1.807, 2.05) is 0 Å². The molecule has 0 saturated carbocycles. The Bertz CT molecular complexity index is 610. The smallest absolute Gasteiger partial charge is 0.338 e. The van der Waals surface area contributed by atoms with Crippen LogP contribution in [0.4, 0.5) is 10.2 Å². The molecule has 0 aromatic carbocycles. The Morgan fingerprint density at radius 3 is 2.84 bits per heavy atom. The van der Waals surface area contributed by atoms with Gasteiger partial charge in [0.1, 0.15) is 11.3 Å². The summed E-state index contributed by atoms with van der Waals surface area (Å²) in [5.41, 5.74) is 0.505. The van der Waals surface area contributed by atoms with Crippen LogP contribution in [0.2, 0.25) is 0 Å². The number of carboxylic acids is 1. The Morgan fingerprint density at radius 2 is 2.26 bits per heavy atom. The summed E-state index contributed by atoms with van der Waals surface area (Å²) in [4.78, 5) is 16.3. The van der Waals surface area contributed by atoms with E-state index in [0.717, 1.165) is 17.4 Å². The Kier molecular flexibility index (Phi) is 3.50. The first-order valence-corrected chi connectivity index (χ1v) is 5.62. The summed E-state index contributed by atoms with van der Waals surface area (Å²) >= 11 is 0. The summed E-state index contributed by atoms with van der Waals surface area (Å²) < 4.78 is 19.2. The van der Waals surface area contributed by atoms with Gasteiger partial charge in [0.05, 0.1) is 6.26 Å². The van der Waals surface area contributed by atoms with E-state index in [2.05, 4.69) is 4.98 Å². The van der Waals surface area contributed by atoms with Crippen molar-refractivity contribution in [2.45, 2.75) is 13.5 Å². The molecule has 0 unspecified atom stereocenters. The lowest BCUT2D eigenvalue weighted by molar-refractivity contribution is 0.0692. The van der Waals surface area contributed by atoms with E-state index in [9.17, 15) is 9.18 Å². The molecule has 0 atom stereocenters. The van der Waals surface area contributed by atoms with Crippen molar-refractivity contribution in [1.82, 2.24) is 4.98 Å². The molecule has 6 heteroatoms. The number of anilines is 1. The molecule has 0 radical (unpaired) electrons. The van der Waals surface area contributed by atoms with Crippen LogP contribution in [-0.2, 0) is 6.54 Å². The van der Waals surface area contributed by atoms with Crippen LogP contribution in [0.15, 0.2) is 29.0 Å². The van der Waals surface area contributed by atoms with Crippen molar-refractivity contribution in [2.24, 2.45) is 0 Å². The summed E-state index contributed by atoms with van der Waals surface area (Å²) in [5, 5.41) is 8.87. The molecule has 0 saturated heterocycles. The fraction of sp³-hybridized carbons (Fsp3) is 0.231. The van der Waals surface area contributed by atoms with Gasteiger partial charge in [0.15, 0.2) is 11.6 Å². The molecule has 2 heterocycles. The van der Waals surface area contributed by atoms with Gasteiger partial charge in [-0.1, -0.05) is 0 Å². The second-order valence-corrected chi connectivity index (χ2v) is 4.16. The standard InChI is InChI=1S/C13H13FN2O3/c1-8-9(4-6-19-8)7-16(2)12-11(14)10(13(17)18)3-5-15-12/h3-6H,7H2,1-2H3,(H,17,18). The molecule has 5 nitrogen and oxygen atoms in total. The van der Waals surface area contributed by atoms with Gasteiger partial charge in [-0.2, -0.15) is 0 Å². The lowest BCUT2D eigenvalue weighted by Gasteiger charge is -2.18. The van der Waals surface area contributed by atoms with E-state index in [1.54, 1.807) is 31.2 Å². The largest absolute Gasteiger partial charge is 0.478 e. The molecule has 0 fully saturated rings. The number of aryl methyl sites for hydroxylation is 1. The lowest BCUT2D eigenvalue weighted by Crippen LogP contribution is -2.20. The van der Waals surface area contributed by atoms with E-state index >= 15 is 0 Å². The molecule has 0 aliphatic heterocycles. The van der Waals surface area contributed by atoms with Gasteiger partial charge in [0, 0.05) is 25.4 Å². The highest BCUT2D eigenvalue weighted by atomic mass is 19.1. The molecule has 0 aliphatic carbocycles. The lowest BCUT2D eigenvalue weighted by atomic mass is 10.2. The molecular formula is C13H13FN2O3. The highest BCUT2D eigenvalue weighted by Crippen LogP contribution is 2.21. The van der Waals surface area contributed by atoms with Crippen molar-refractivity contribution in [2.75, 3.05) is 11.9 Å². The Labute approximate surface area is 109 Å². The zero-order valence-corrected chi connectivity index (χ0v) is 10.6. The number of pyridine rings is 1. The molecule has 2 aromatic heterocycles. The second-order valence-electron chi connectivity index (χ2n) is 4.16. The number of furan rings is 1. The van der Waals surface area contributed by atoms with E-state index in [-0.39, 0.29) is 11.4 Å². The van der Waals surface area contributed by atoms with Gasteiger partial charge in [-0.05, 0) is 19.1 Å². The highest BCUT2D eigenvalue weighted by Gasteiger charge is 2.18. The molecule has 0 spiro atoms. The van der Waals surface area contributed by atoms with Crippen molar-refractivity contribution in [1.29, 1.82) is 0 Å². The predicted octanol–water partition coefficient (Wildman–Crippen LogP) is 2.46. The maximum Gasteiger partial charge on any atom is 0.338 e. The summed E-state index contributed by atoms with van der Waals surface area (Å²) in [5.74, 6) is -1.41. The van der Waals surface area contributed by atoms with E-state index in [4.69, 9.17) is 9.52 Å². The van der Waals surface area contributed by atoms with Crippen molar-refractivity contribution >= 4 is 11.8 Å². The maximum absolute atomic E-state index is 14.0. The van der Waals surface area contributed by atoms with Gasteiger partial charge in [-0.15, -0.1) is 0 Å². The number of rotatable bonds is 4. The molecule has 2 rings (SSSR count). The van der Waals surface area contributed by atoms with Gasteiger partial charge in [-0.3, -0.25) is 0 Å². The zero-order chi connectivity index (χ0) is 14.0. The van der Waals surface area contributed by atoms with Gasteiger partial charge in [0.25, 0.3) is 0 Å². The number of hydrogen-bond acceptors (Lipinski definition) is 4. The number of halogens is 1. The third kappa shape index (κ3) is 2.57. The SMILES string of the molecule is Cc1occc1CN(C)c1nccc(C(=O)O)c1F. The number of aromatic nitrogens is 1. The van der Waals surface area contributed by atoms with E-state index < -0.39 is 11.8 Å². The number of nitrogens with zero attached hydrogens (tertiary/aromatic N) is 2. The Hall–Kier alpha value is -2.37. The molecule has 0 amide bonds. The van der Waals surface area contributed by atoms with Crippen molar-refractivity contribution in [3.63, 3.8) is 0 Å². The first-order valence-electron chi connectivity index (χ1n) is 5.62. The molecule has 100 valence electrons. The van der Waals surface area contributed by atoms with Crippen LogP contribution < -0.4 is 4.90 Å². The fourth-order valence-electron chi connectivity index (χ4n) is 1.77. The van der Waals surface area contributed by atoms with Gasteiger partial charge >= 0.3 is 5.97 Å². The van der Waals surface area contributed by atoms with Crippen molar-refractivity contribution in [3.8, 4) is 0 Å². The normalized spacial score (nSPS) is 10.5. The molecular weight excluding hydrogens is 251 g/mol. The van der Waals surface area contributed by atoms with E-state index in [0.29, 0.717) is 6.54 Å². The summed E-state index contributed by atoms with van der Waals surface area (Å²) in [6, 6.07) is 2.92. The van der Waals surface area contributed by atoms with Crippen molar-refractivity contribution < 1.29 is 18.7 Å².